The van der Waals surface area contributed by atoms with Gasteiger partial charge in [0, 0.05) is 16.7 Å². The molecule has 6 heteroatoms. The first-order chi connectivity index (χ1) is 11.7. The van der Waals surface area contributed by atoms with Crippen LogP contribution in [0.2, 0.25) is 5.02 Å². The van der Waals surface area contributed by atoms with E-state index in [0.717, 1.165) is 11.1 Å². The van der Waals surface area contributed by atoms with Crippen molar-refractivity contribution in [3.63, 3.8) is 0 Å². The molecule has 120 valence electrons. The molecule has 0 saturated carbocycles. The number of hydrogen-bond donors (Lipinski definition) is 0. The molecular formula is C18H13ClN2O3. The van der Waals surface area contributed by atoms with Crippen LogP contribution in [0.4, 0.5) is 0 Å². The molecule has 0 radical (unpaired) electrons. The maximum Gasteiger partial charge on any atom is 0.331 e. The number of ether oxygens (including phenoxy) is 1. The second-order valence-corrected chi connectivity index (χ2v) is 5.31. The Hall–Kier alpha value is -2.92. The minimum Gasteiger partial charge on any atom is -0.452 e. The quantitative estimate of drug-likeness (QED) is 0.515. The molecule has 1 aromatic heterocycles. The molecule has 3 rings (SSSR count). The molecule has 0 atom stereocenters. The molecule has 5 nitrogen and oxygen atoms in total. The summed E-state index contributed by atoms with van der Waals surface area (Å²) in [6.45, 7) is -0.0848. The van der Waals surface area contributed by atoms with Gasteiger partial charge in [0.25, 0.3) is 5.89 Å². The van der Waals surface area contributed by atoms with Gasteiger partial charge in [0.05, 0.1) is 0 Å². The number of rotatable bonds is 5. The Morgan fingerprint density at radius 3 is 2.62 bits per heavy atom. The van der Waals surface area contributed by atoms with E-state index in [1.165, 1.54) is 6.08 Å². The third-order valence-corrected chi connectivity index (χ3v) is 3.37. The fourth-order valence-corrected chi connectivity index (χ4v) is 2.07. The zero-order valence-corrected chi connectivity index (χ0v) is 13.3. The van der Waals surface area contributed by atoms with Crippen molar-refractivity contribution in [1.82, 2.24) is 10.1 Å². The lowest BCUT2D eigenvalue weighted by molar-refractivity contribution is -0.139. The minimum atomic E-state index is -0.481. The van der Waals surface area contributed by atoms with Gasteiger partial charge in [-0.3, -0.25) is 0 Å². The SMILES string of the molecule is O=C(/C=C/c1ccccc1)OCc1nc(-c2ccc(Cl)cc2)no1. The van der Waals surface area contributed by atoms with Crippen LogP contribution in [-0.4, -0.2) is 16.1 Å². The van der Waals surface area contributed by atoms with Gasteiger partial charge < -0.3 is 9.26 Å². The summed E-state index contributed by atoms with van der Waals surface area (Å²) in [5.41, 5.74) is 1.68. The van der Waals surface area contributed by atoms with Gasteiger partial charge in [-0.1, -0.05) is 47.1 Å². The fraction of sp³-hybridized carbons (Fsp3) is 0.0556. The van der Waals surface area contributed by atoms with Gasteiger partial charge in [-0.2, -0.15) is 4.98 Å². The Bertz CT molecular complexity index is 842. The highest BCUT2D eigenvalue weighted by Gasteiger charge is 2.10. The van der Waals surface area contributed by atoms with E-state index in [4.69, 9.17) is 20.9 Å². The predicted molar refractivity (Wildman–Crippen MR) is 90.0 cm³/mol. The monoisotopic (exact) mass is 340 g/mol. The van der Waals surface area contributed by atoms with Crippen LogP contribution in [-0.2, 0) is 16.1 Å². The molecule has 0 spiro atoms. The van der Waals surface area contributed by atoms with Crippen molar-refractivity contribution in [2.45, 2.75) is 6.61 Å². The summed E-state index contributed by atoms with van der Waals surface area (Å²) in [6.07, 6.45) is 3.03. The van der Waals surface area contributed by atoms with Crippen molar-refractivity contribution in [2.24, 2.45) is 0 Å². The maximum atomic E-state index is 11.7. The number of carbonyl (C=O) groups is 1. The summed E-state index contributed by atoms with van der Waals surface area (Å²) < 4.78 is 10.1. The Morgan fingerprint density at radius 2 is 1.88 bits per heavy atom. The van der Waals surface area contributed by atoms with Crippen LogP contribution < -0.4 is 0 Å². The van der Waals surface area contributed by atoms with Gasteiger partial charge >= 0.3 is 5.97 Å². The number of halogens is 1. The second-order valence-electron chi connectivity index (χ2n) is 4.87. The number of benzene rings is 2. The Balaban J connectivity index is 1.56. The zero-order valence-electron chi connectivity index (χ0n) is 12.6. The largest absolute Gasteiger partial charge is 0.452 e. The van der Waals surface area contributed by atoms with Crippen LogP contribution in [0.15, 0.2) is 65.2 Å². The van der Waals surface area contributed by atoms with Crippen LogP contribution in [0.5, 0.6) is 0 Å². The third-order valence-electron chi connectivity index (χ3n) is 3.12. The molecule has 0 unspecified atom stereocenters. The molecule has 0 aliphatic carbocycles. The lowest BCUT2D eigenvalue weighted by Crippen LogP contribution is -2.00. The molecular weight excluding hydrogens is 328 g/mol. The van der Waals surface area contributed by atoms with Crippen molar-refractivity contribution in [3.8, 4) is 11.4 Å². The molecule has 2 aromatic carbocycles. The molecule has 0 aliphatic heterocycles. The van der Waals surface area contributed by atoms with Gasteiger partial charge in [-0.25, -0.2) is 4.79 Å². The number of hydrogen-bond acceptors (Lipinski definition) is 5. The highest BCUT2D eigenvalue weighted by Crippen LogP contribution is 2.18. The Kier molecular flexibility index (Phi) is 5.03. The lowest BCUT2D eigenvalue weighted by Gasteiger charge is -1.97. The first-order valence-corrected chi connectivity index (χ1v) is 7.57. The number of nitrogens with zero attached hydrogens (tertiary/aromatic N) is 2. The first-order valence-electron chi connectivity index (χ1n) is 7.19. The smallest absolute Gasteiger partial charge is 0.331 e. The number of aromatic nitrogens is 2. The third kappa shape index (κ3) is 4.30. The summed E-state index contributed by atoms with van der Waals surface area (Å²) in [5.74, 6) is 0.157. The Morgan fingerprint density at radius 1 is 1.12 bits per heavy atom. The zero-order chi connectivity index (χ0) is 16.8. The van der Waals surface area contributed by atoms with Crippen LogP contribution in [0, 0.1) is 0 Å². The molecule has 0 N–H and O–H groups in total. The van der Waals surface area contributed by atoms with Crippen molar-refractivity contribution in [3.05, 3.63) is 77.2 Å². The van der Waals surface area contributed by atoms with Gasteiger partial charge in [0.1, 0.15) is 0 Å². The molecule has 0 aliphatic rings. The van der Waals surface area contributed by atoms with Gasteiger partial charge in [0.2, 0.25) is 5.82 Å². The summed E-state index contributed by atoms with van der Waals surface area (Å²) in [4.78, 5) is 15.9. The molecule has 0 fully saturated rings. The van der Waals surface area contributed by atoms with Crippen molar-refractivity contribution < 1.29 is 14.1 Å². The standard InChI is InChI=1S/C18H13ClN2O3/c19-15-9-7-14(8-10-15)18-20-16(24-21-18)12-23-17(22)11-6-13-4-2-1-3-5-13/h1-11H,12H2/b11-6+. The summed E-state index contributed by atoms with van der Waals surface area (Å²) >= 11 is 5.83. The molecule has 0 bridgehead atoms. The molecule has 3 aromatic rings. The van der Waals surface area contributed by atoms with Crippen molar-refractivity contribution in [1.29, 1.82) is 0 Å². The van der Waals surface area contributed by atoms with Gasteiger partial charge in [-0.15, -0.1) is 0 Å². The maximum absolute atomic E-state index is 11.7. The fourth-order valence-electron chi connectivity index (χ4n) is 1.94. The summed E-state index contributed by atoms with van der Waals surface area (Å²) in [7, 11) is 0. The predicted octanol–water partition coefficient (Wildman–Crippen LogP) is 4.15. The highest BCUT2D eigenvalue weighted by molar-refractivity contribution is 6.30. The molecule has 0 amide bonds. The molecule has 0 saturated heterocycles. The average molecular weight is 341 g/mol. The van der Waals surface area contributed by atoms with Gasteiger partial charge in [0.15, 0.2) is 6.61 Å². The van der Waals surface area contributed by atoms with Crippen LogP contribution in [0.25, 0.3) is 17.5 Å². The van der Waals surface area contributed by atoms with Crippen molar-refractivity contribution >= 4 is 23.6 Å². The molecule has 24 heavy (non-hydrogen) atoms. The first kappa shape index (κ1) is 16.0. The second kappa shape index (κ2) is 7.57. The topological polar surface area (TPSA) is 65.2 Å². The average Bonchev–Trinajstić information content (AvgIpc) is 3.09. The van der Waals surface area contributed by atoms with E-state index in [1.807, 2.05) is 30.3 Å². The van der Waals surface area contributed by atoms with E-state index in [9.17, 15) is 4.79 Å². The van der Waals surface area contributed by atoms with E-state index >= 15 is 0 Å². The van der Waals surface area contributed by atoms with Crippen LogP contribution in [0.1, 0.15) is 11.5 Å². The Labute approximate surface area is 143 Å². The van der Waals surface area contributed by atoms with E-state index in [0.29, 0.717) is 10.8 Å². The minimum absolute atomic E-state index is 0.0848. The van der Waals surface area contributed by atoms with Gasteiger partial charge in [-0.05, 0) is 35.9 Å². The van der Waals surface area contributed by atoms with Crippen LogP contribution in [0.3, 0.4) is 0 Å². The van der Waals surface area contributed by atoms with Crippen LogP contribution >= 0.6 is 11.6 Å². The summed E-state index contributed by atoms with van der Waals surface area (Å²) in [5, 5.41) is 4.48. The lowest BCUT2D eigenvalue weighted by atomic mass is 10.2. The molecule has 1 heterocycles. The van der Waals surface area contributed by atoms with E-state index < -0.39 is 5.97 Å². The van der Waals surface area contributed by atoms with Crippen molar-refractivity contribution in [2.75, 3.05) is 0 Å². The normalized spacial score (nSPS) is 10.9. The van der Waals surface area contributed by atoms with E-state index in [2.05, 4.69) is 10.1 Å². The number of carbonyl (C=O) groups excluding carboxylic acids is 1. The number of esters is 1. The highest BCUT2D eigenvalue weighted by atomic mass is 35.5. The van der Waals surface area contributed by atoms with E-state index in [1.54, 1.807) is 30.3 Å². The summed E-state index contributed by atoms with van der Waals surface area (Å²) in [6, 6.07) is 16.5. The van der Waals surface area contributed by atoms with E-state index in [-0.39, 0.29) is 12.5 Å².